The molecule has 0 N–H and O–H groups in total. The average molecular weight is 278 g/mol. The summed E-state index contributed by atoms with van der Waals surface area (Å²) in [6.07, 6.45) is 0.916. The summed E-state index contributed by atoms with van der Waals surface area (Å²) in [4.78, 5) is 0. The Kier molecular flexibility index (Phi) is 4.17. The molecule has 0 fully saturated rings. The number of benzene rings is 2. The van der Waals surface area contributed by atoms with Gasteiger partial charge in [0.1, 0.15) is 5.82 Å². The van der Waals surface area contributed by atoms with Crippen LogP contribution in [-0.4, -0.2) is 0 Å². The summed E-state index contributed by atoms with van der Waals surface area (Å²) in [5.41, 5.74) is 1.27. The van der Waals surface area contributed by atoms with E-state index in [1.54, 1.807) is 12.1 Å². The monoisotopic (exact) mass is 278 g/mol. The molecule has 20 heavy (non-hydrogen) atoms. The van der Waals surface area contributed by atoms with Crippen molar-refractivity contribution in [3.63, 3.8) is 0 Å². The SMILES string of the molecule is Cc1c(F)cc(-c2ccc(CC(C)C)cc2)c(F)c1F. The van der Waals surface area contributed by atoms with E-state index < -0.39 is 17.5 Å². The fourth-order valence-corrected chi connectivity index (χ4v) is 2.19. The second-order valence-electron chi connectivity index (χ2n) is 5.45. The van der Waals surface area contributed by atoms with Gasteiger partial charge in [0.2, 0.25) is 0 Å². The average Bonchev–Trinajstić information content (AvgIpc) is 2.41. The summed E-state index contributed by atoms with van der Waals surface area (Å²) in [7, 11) is 0. The predicted octanol–water partition coefficient (Wildman–Crippen LogP) is 5.28. The Morgan fingerprint density at radius 2 is 1.55 bits per heavy atom. The molecule has 0 aliphatic rings. The van der Waals surface area contributed by atoms with Gasteiger partial charge >= 0.3 is 0 Å². The molecular weight excluding hydrogens is 261 g/mol. The molecule has 0 bridgehead atoms. The highest BCUT2D eigenvalue weighted by Crippen LogP contribution is 2.28. The molecule has 0 aliphatic heterocycles. The van der Waals surface area contributed by atoms with Crippen molar-refractivity contribution in [1.29, 1.82) is 0 Å². The maximum Gasteiger partial charge on any atom is 0.167 e. The van der Waals surface area contributed by atoms with E-state index in [0.717, 1.165) is 18.1 Å². The van der Waals surface area contributed by atoms with E-state index in [0.29, 0.717) is 11.5 Å². The van der Waals surface area contributed by atoms with E-state index in [2.05, 4.69) is 13.8 Å². The lowest BCUT2D eigenvalue weighted by atomic mass is 9.98. The molecule has 2 aromatic carbocycles. The first-order valence-electron chi connectivity index (χ1n) is 6.63. The van der Waals surface area contributed by atoms with Crippen molar-refractivity contribution in [1.82, 2.24) is 0 Å². The summed E-state index contributed by atoms with van der Waals surface area (Å²) < 4.78 is 41.0. The van der Waals surface area contributed by atoms with Crippen molar-refractivity contribution < 1.29 is 13.2 Å². The van der Waals surface area contributed by atoms with Crippen LogP contribution in [0.5, 0.6) is 0 Å². The van der Waals surface area contributed by atoms with Crippen LogP contribution < -0.4 is 0 Å². The molecular formula is C17H17F3. The van der Waals surface area contributed by atoms with Crippen LogP contribution in [0.4, 0.5) is 13.2 Å². The molecule has 0 radical (unpaired) electrons. The Labute approximate surface area is 117 Å². The van der Waals surface area contributed by atoms with E-state index in [-0.39, 0.29) is 11.1 Å². The van der Waals surface area contributed by atoms with E-state index in [9.17, 15) is 13.2 Å². The van der Waals surface area contributed by atoms with Crippen molar-refractivity contribution in [2.75, 3.05) is 0 Å². The highest BCUT2D eigenvalue weighted by atomic mass is 19.2. The summed E-state index contributed by atoms with van der Waals surface area (Å²) >= 11 is 0. The predicted molar refractivity (Wildman–Crippen MR) is 75.0 cm³/mol. The van der Waals surface area contributed by atoms with Crippen molar-refractivity contribution in [2.24, 2.45) is 5.92 Å². The van der Waals surface area contributed by atoms with Gasteiger partial charge in [-0.2, -0.15) is 0 Å². The molecule has 0 saturated heterocycles. The molecule has 0 unspecified atom stereocenters. The topological polar surface area (TPSA) is 0 Å². The number of hydrogen-bond acceptors (Lipinski definition) is 0. The van der Waals surface area contributed by atoms with Crippen LogP contribution in [0, 0.1) is 30.3 Å². The first-order chi connectivity index (χ1) is 9.40. The third kappa shape index (κ3) is 2.87. The van der Waals surface area contributed by atoms with E-state index >= 15 is 0 Å². The maximum absolute atomic E-state index is 13.9. The van der Waals surface area contributed by atoms with Gasteiger partial charge in [-0.15, -0.1) is 0 Å². The normalized spacial score (nSPS) is 11.2. The van der Waals surface area contributed by atoms with Crippen molar-refractivity contribution >= 4 is 0 Å². The van der Waals surface area contributed by atoms with Crippen molar-refractivity contribution in [3.05, 3.63) is 58.9 Å². The molecule has 106 valence electrons. The summed E-state index contributed by atoms with van der Waals surface area (Å²) in [5, 5.41) is 0. The van der Waals surface area contributed by atoms with Crippen LogP contribution in [0.25, 0.3) is 11.1 Å². The number of rotatable bonds is 3. The van der Waals surface area contributed by atoms with Crippen molar-refractivity contribution in [3.8, 4) is 11.1 Å². The van der Waals surface area contributed by atoms with Crippen molar-refractivity contribution in [2.45, 2.75) is 27.2 Å². The third-order valence-electron chi connectivity index (χ3n) is 3.30. The quantitative estimate of drug-likeness (QED) is 0.670. The molecule has 3 heteroatoms. The number of hydrogen-bond donors (Lipinski definition) is 0. The smallest absolute Gasteiger partial charge is 0.167 e. The molecule has 0 heterocycles. The lowest BCUT2D eigenvalue weighted by molar-refractivity contribution is 0.489. The zero-order valence-corrected chi connectivity index (χ0v) is 11.8. The summed E-state index contributed by atoms with van der Waals surface area (Å²) in [6.45, 7) is 5.44. The molecule has 0 nitrogen and oxygen atoms in total. The first-order valence-corrected chi connectivity index (χ1v) is 6.63. The minimum absolute atomic E-state index is 0.0401. The van der Waals surface area contributed by atoms with Gasteiger partial charge in [-0.3, -0.25) is 0 Å². The van der Waals surface area contributed by atoms with Crippen LogP contribution >= 0.6 is 0 Å². The van der Waals surface area contributed by atoms with Gasteiger partial charge in [0.15, 0.2) is 11.6 Å². The van der Waals surface area contributed by atoms with Crippen LogP contribution in [0.15, 0.2) is 30.3 Å². The molecule has 2 rings (SSSR count). The lowest BCUT2D eigenvalue weighted by Gasteiger charge is -2.09. The molecule has 0 amide bonds. The Hall–Kier alpha value is -1.77. The standard InChI is InChI=1S/C17H17F3/c1-10(2)8-12-4-6-13(7-5-12)14-9-15(18)11(3)16(19)17(14)20/h4-7,9-10H,8H2,1-3H3. The van der Waals surface area contributed by atoms with Crippen LogP contribution in [0.2, 0.25) is 0 Å². The Morgan fingerprint density at radius 1 is 0.950 bits per heavy atom. The molecule has 0 aliphatic carbocycles. The van der Waals surface area contributed by atoms with E-state index in [4.69, 9.17) is 0 Å². The summed E-state index contributed by atoms with van der Waals surface area (Å²) in [6, 6.07) is 8.18. The number of halogens is 3. The molecule has 0 saturated carbocycles. The van der Waals surface area contributed by atoms with Gasteiger partial charge < -0.3 is 0 Å². The van der Waals surface area contributed by atoms with Gasteiger partial charge in [-0.25, -0.2) is 13.2 Å². The van der Waals surface area contributed by atoms with E-state index in [1.165, 1.54) is 6.92 Å². The second-order valence-corrected chi connectivity index (χ2v) is 5.45. The largest absolute Gasteiger partial charge is 0.207 e. The Bertz CT molecular complexity index is 613. The van der Waals surface area contributed by atoms with Crippen LogP contribution in [0.1, 0.15) is 25.0 Å². The molecule has 0 atom stereocenters. The maximum atomic E-state index is 13.9. The highest BCUT2D eigenvalue weighted by molar-refractivity contribution is 5.65. The summed E-state index contributed by atoms with van der Waals surface area (Å²) in [5.74, 6) is -2.33. The highest BCUT2D eigenvalue weighted by Gasteiger charge is 2.16. The van der Waals surface area contributed by atoms with Gasteiger partial charge in [0, 0.05) is 11.1 Å². The van der Waals surface area contributed by atoms with Gasteiger partial charge in [0.25, 0.3) is 0 Å². The van der Waals surface area contributed by atoms with Gasteiger partial charge in [-0.1, -0.05) is 38.1 Å². The fourth-order valence-electron chi connectivity index (χ4n) is 2.19. The van der Waals surface area contributed by atoms with Gasteiger partial charge in [-0.05, 0) is 36.5 Å². The molecule has 0 spiro atoms. The van der Waals surface area contributed by atoms with Gasteiger partial charge in [0.05, 0.1) is 0 Å². The molecule has 2 aromatic rings. The molecule has 0 aromatic heterocycles. The Morgan fingerprint density at radius 3 is 2.10 bits per heavy atom. The lowest BCUT2D eigenvalue weighted by Crippen LogP contribution is -1.98. The first kappa shape index (κ1) is 14.6. The second kappa shape index (κ2) is 5.70. The minimum Gasteiger partial charge on any atom is -0.207 e. The fraction of sp³-hybridized carbons (Fsp3) is 0.294. The zero-order chi connectivity index (χ0) is 14.9. The van der Waals surface area contributed by atoms with E-state index in [1.807, 2.05) is 12.1 Å². The Balaban J connectivity index is 2.42. The third-order valence-corrected chi connectivity index (χ3v) is 3.30. The van der Waals surface area contributed by atoms with Crippen LogP contribution in [-0.2, 0) is 6.42 Å². The minimum atomic E-state index is -1.12. The van der Waals surface area contributed by atoms with Crippen LogP contribution in [0.3, 0.4) is 0 Å². The zero-order valence-electron chi connectivity index (χ0n) is 11.8.